The number of fused-ring (bicyclic) bond motifs is 1. The summed E-state index contributed by atoms with van der Waals surface area (Å²) >= 11 is 0. The quantitative estimate of drug-likeness (QED) is 0.828. The molecule has 0 N–H and O–H groups in total. The van der Waals surface area contributed by atoms with Gasteiger partial charge in [0.1, 0.15) is 5.78 Å². The minimum atomic E-state index is -0.00955. The van der Waals surface area contributed by atoms with Crippen molar-refractivity contribution in [1.29, 1.82) is 0 Å². The lowest BCUT2D eigenvalue weighted by atomic mass is 9.78. The number of hydrogen-bond acceptors (Lipinski definition) is 2. The highest BCUT2D eigenvalue weighted by Crippen LogP contribution is 2.34. The Morgan fingerprint density at radius 1 is 1.30 bits per heavy atom. The monoisotopic (exact) mass is 272 g/mol. The summed E-state index contributed by atoms with van der Waals surface area (Å²) in [5.74, 6) is 1.40. The maximum absolute atomic E-state index is 12.5. The van der Waals surface area contributed by atoms with Crippen molar-refractivity contribution < 1.29 is 9.53 Å². The van der Waals surface area contributed by atoms with E-state index >= 15 is 0 Å². The van der Waals surface area contributed by atoms with Gasteiger partial charge in [-0.1, -0.05) is 44.0 Å². The Labute approximate surface area is 121 Å². The van der Waals surface area contributed by atoms with Crippen LogP contribution >= 0.6 is 0 Å². The van der Waals surface area contributed by atoms with Gasteiger partial charge in [0.2, 0.25) is 0 Å². The molecule has 1 aromatic rings. The van der Waals surface area contributed by atoms with Crippen molar-refractivity contribution in [1.82, 2.24) is 0 Å². The Morgan fingerprint density at radius 3 is 3.00 bits per heavy atom. The number of carbonyl (C=O) groups is 1. The van der Waals surface area contributed by atoms with Crippen LogP contribution in [0, 0.1) is 11.8 Å². The van der Waals surface area contributed by atoms with Crippen LogP contribution in [0.4, 0.5) is 0 Å². The summed E-state index contributed by atoms with van der Waals surface area (Å²) in [5.41, 5.74) is 2.59. The number of rotatable bonds is 3. The smallest absolute Gasteiger partial charge is 0.138 e. The molecular formula is C18H24O2. The van der Waals surface area contributed by atoms with Gasteiger partial charge in [0.15, 0.2) is 0 Å². The first-order valence-electron chi connectivity index (χ1n) is 7.96. The Balaban J connectivity index is 1.68. The number of hydrogen-bond donors (Lipinski definition) is 0. The molecule has 3 unspecified atom stereocenters. The lowest BCUT2D eigenvalue weighted by molar-refractivity contribution is -0.127. The van der Waals surface area contributed by atoms with Gasteiger partial charge in [0.05, 0.1) is 12.7 Å². The van der Waals surface area contributed by atoms with Crippen LogP contribution in [0.3, 0.4) is 0 Å². The molecule has 2 aliphatic rings. The molecule has 3 atom stereocenters. The first-order valence-corrected chi connectivity index (χ1v) is 7.96. The number of ketones is 1. The van der Waals surface area contributed by atoms with E-state index in [0.29, 0.717) is 18.1 Å². The van der Waals surface area contributed by atoms with Crippen molar-refractivity contribution in [3.8, 4) is 0 Å². The van der Waals surface area contributed by atoms with E-state index in [1.807, 2.05) is 6.07 Å². The zero-order valence-electron chi connectivity index (χ0n) is 12.3. The minimum absolute atomic E-state index is 0.00955. The van der Waals surface area contributed by atoms with Crippen LogP contribution in [-0.4, -0.2) is 12.4 Å². The van der Waals surface area contributed by atoms with E-state index < -0.39 is 0 Å². The largest absolute Gasteiger partial charge is 0.373 e. The highest BCUT2D eigenvalue weighted by molar-refractivity contribution is 5.81. The first-order chi connectivity index (χ1) is 9.74. The third kappa shape index (κ3) is 2.95. The summed E-state index contributed by atoms with van der Waals surface area (Å²) in [6.07, 6.45) is 6.18. The van der Waals surface area contributed by atoms with Crippen molar-refractivity contribution >= 4 is 5.78 Å². The Kier molecular flexibility index (Phi) is 4.21. The van der Waals surface area contributed by atoms with E-state index in [9.17, 15) is 4.79 Å². The van der Waals surface area contributed by atoms with Gasteiger partial charge in [-0.15, -0.1) is 0 Å². The fraction of sp³-hybridized carbons (Fsp3) is 0.611. The molecule has 2 nitrogen and oxygen atoms in total. The fourth-order valence-corrected chi connectivity index (χ4v) is 3.72. The van der Waals surface area contributed by atoms with Crippen LogP contribution in [0.15, 0.2) is 24.3 Å². The maximum atomic E-state index is 12.5. The highest BCUT2D eigenvalue weighted by atomic mass is 16.5. The number of Topliss-reactive ketones (excluding diaryl/α,β-unsaturated/α-hetero) is 1. The molecule has 1 aromatic carbocycles. The van der Waals surface area contributed by atoms with Gasteiger partial charge in [-0.2, -0.15) is 0 Å². The van der Waals surface area contributed by atoms with Crippen LogP contribution < -0.4 is 0 Å². The number of carbonyl (C=O) groups excluding carboxylic acids is 1. The molecule has 0 amide bonds. The Morgan fingerprint density at radius 2 is 2.15 bits per heavy atom. The van der Waals surface area contributed by atoms with E-state index in [0.717, 1.165) is 25.9 Å². The summed E-state index contributed by atoms with van der Waals surface area (Å²) in [6.45, 7) is 3.02. The van der Waals surface area contributed by atoms with E-state index in [4.69, 9.17) is 4.74 Å². The van der Waals surface area contributed by atoms with Gasteiger partial charge >= 0.3 is 0 Å². The predicted molar refractivity (Wildman–Crippen MR) is 79.6 cm³/mol. The third-order valence-corrected chi connectivity index (χ3v) is 4.87. The van der Waals surface area contributed by atoms with Gasteiger partial charge in [-0.05, 0) is 36.3 Å². The molecule has 0 spiro atoms. The second-order valence-electron chi connectivity index (χ2n) is 6.45. The first kappa shape index (κ1) is 13.8. The van der Waals surface area contributed by atoms with Crippen LogP contribution in [0.25, 0.3) is 0 Å². The molecule has 3 rings (SSSR count). The molecular weight excluding hydrogens is 248 g/mol. The lowest BCUT2D eigenvalue weighted by Crippen LogP contribution is -2.26. The van der Waals surface area contributed by atoms with E-state index in [2.05, 4.69) is 25.1 Å². The molecule has 1 aliphatic carbocycles. The van der Waals surface area contributed by atoms with Gasteiger partial charge in [-0.25, -0.2) is 0 Å². The second kappa shape index (κ2) is 6.09. The van der Waals surface area contributed by atoms with Gasteiger partial charge < -0.3 is 4.74 Å². The lowest BCUT2D eigenvalue weighted by Gasteiger charge is -2.29. The molecule has 2 heteroatoms. The van der Waals surface area contributed by atoms with Gasteiger partial charge in [0, 0.05) is 12.3 Å². The maximum Gasteiger partial charge on any atom is 0.138 e. The molecule has 1 heterocycles. The molecule has 0 saturated heterocycles. The third-order valence-electron chi connectivity index (χ3n) is 4.87. The Bertz CT molecular complexity index is 480. The van der Waals surface area contributed by atoms with E-state index in [1.165, 1.54) is 24.0 Å². The van der Waals surface area contributed by atoms with Gasteiger partial charge in [0.25, 0.3) is 0 Å². The minimum Gasteiger partial charge on any atom is -0.373 e. The molecule has 1 saturated carbocycles. The van der Waals surface area contributed by atoms with Crippen molar-refractivity contribution in [3.63, 3.8) is 0 Å². The van der Waals surface area contributed by atoms with Crippen LogP contribution in [0.2, 0.25) is 0 Å². The highest BCUT2D eigenvalue weighted by Gasteiger charge is 2.29. The zero-order valence-corrected chi connectivity index (χ0v) is 12.3. The van der Waals surface area contributed by atoms with E-state index in [1.54, 1.807) is 0 Å². The molecule has 1 aliphatic heterocycles. The van der Waals surface area contributed by atoms with Crippen molar-refractivity contribution in [2.24, 2.45) is 11.8 Å². The predicted octanol–water partition coefficient (Wildman–Crippen LogP) is 4.09. The Hall–Kier alpha value is -1.15. The summed E-state index contributed by atoms with van der Waals surface area (Å²) in [7, 11) is 0. The van der Waals surface area contributed by atoms with Crippen molar-refractivity contribution in [2.75, 3.05) is 6.61 Å². The molecule has 0 radical (unpaired) electrons. The summed E-state index contributed by atoms with van der Waals surface area (Å²) in [4.78, 5) is 12.5. The zero-order chi connectivity index (χ0) is 13.9. The molecule has 1 fully saturated rings. The fourth-order valence-electron chi connectivity index (χ4n) is 3.72. The summed E-state index contributed by atoms with van der Waals surface area (Å²) in [6, 6.07) is 8.41. The topological polar surface area (TPSA) is 26.3 Å². The normalized spacial score (nSPS) is 29.8. The average Bonchev–Trinajstić information content (AvgIpc) is 2.47. The SMILES string of the molecule is CC1CCCC(C(=O)CC2OCCc3ccccc32)C1. The molecule has 0 bridgehead atoms. The van der Waals surface area contributed by atoms with Crippen molar-refractivity contribution in [3.05, 3.63) is 35.4 Å². The summed E-state index contributed by atoms with van der Waals surface area (Å²) < 4.78 is 5.87. The van der Waals surface area contributed by atoms with Crippen LogP contribution in [0.1, 0.15) is 56.3 Å². The average molecular weight is 272 g/mol. The standard InChI is InChI=1S/C18H24O2/c1-13-5-4-7-15(11-13)17(19)12-18-16-8-3-2-6-14(16)9-10-20-18/h2-3,6,8,13,15,18H,4-5,7,9-12H2,1H3. The summed E-state index contributed by atoms with van der Waals surface area (Å²) in [5, 5.41) is 0. The molecule has 0 aromatic heterocycles. The molecule has 20 heavy (non-hydrogen) atoms. The van der Waals surface area contributed by atoms with Crippen LogP contribution in [0.5, 0.6) is 0 Å². The van der Waals surface area contributed by atoms with Crippen molar-refractivity contribution in [2.45, 2.75) is 51.6 Å². The van der Waals surface area contributed by atoms with E-state index in [-0.39, 0.29) is 12.0 Å². The second-order valence-corrected chi connectivity index (χ2v) is 6.45. The van der Waals surface area contributed by atoms with Gasteiger partial charge in [-0.3, -0.25) is 4.79 Å². The molecule has 108 valence electrons. The number of benzene rings is 1. The van der Waals surface area contributed by atoms with Crippen LogP contribution in [-0.2, 0) is 16.0 Å². The number of ether oxygens (including phenoxy) is 1.